The van der Waals surface area contributed by atoms with Gasteiger partial charge in [0, 0.05) is 18.7 Å². The minimum atomic E-state index is -0.656. The van der Waals surface area contributed by atoms with Crippen LogP contribution < -0.4 is 20.9 Å². The molecule has 2 rings (SSSR count). The van der Waals surface area contributed by atoms with Crippen LogP contribution in [0.3, 0.4) is 0 Å². The van der Waals surface area contributed by atoms with Gasteiger partial charge in [-0.05, 0) is 36.0 Å². The van der Waals surface area contributed by atoms with Gasteiger partial charge in [-0.25, -0.2) is 4.39 Å². The molecule has 26 heavy (non-hydrogen) atoms. The van der Waals surface area contributed by atoms with Crippen LogP contribution in [0.2, 0.25) is 0 Å². The van der Waals surface area contributed by atoms with Gasteiger partial charge in [-0.15, -0.1) is 0 Å². The lowest BCUT2D eigenvalue weighted by atomic mass is 10.1. The summed E-state index contributed by atoms with van der Waals surface area (Å²) in [6, 6.07) is 9.50. The van der Waals surface area contributed by atoms with E-state index in [4.69, 9.17) is 17.0 Å². The molecule has 0 saturated heterocycles. The number of amides is 1. The zero-order valence-corrected chi connectivity index (χ0v) is 14.4. The molecule has 0 unspecified atom stereocenters. The molecule has 2 aromatic rings. The van der Waals surface area contributed by atoms with E-state index in [1.165, 1.54) is 31.4 Å². The van der Waals surface area contributed by atoms with Crippen molar-refractivity contribution < 1.29 is 18.8 Å². The van der Waals surface area contributed by atoms with Gasteiger partial charge in [0.05, 0.1) is 17.6 Å². The van der Waals surface area contributed by atoms with E-state index in [1.807, 2.05) is 0 Å². The second-order valence-corrected chi connectivity index (χ2v) is 5.44. The maximum Gasteiger partial charge on any atom is 0.273 e. The highest BCUT2D eigenvalue weighted by atomic mass is 32.1. The quantitative estimate of drug-likeness (QED) is 0.415. The number of benzene rings is 2. The molecule has 0 saturated carbocycles. The highest BCUT2D eigenvalue weighted by molar-refractivity contribution is 7.80. The van der Waals surface area contributed by atoms with E-state index in [0.717, 1.165) is 11.6 Å². The SMILES string of the molecule is COc1ccc([N+](=O)[O-])cc1C(=O)NNC(=S)NCc1ccc(F)cc1. The summed E-state index contributed by atoms with van der Waals surface area (Å²) in [5, 5.41) is 13.8. The van der Waals surface area contributed by atoms with E-state index in [1.54, 1.807) is 12.1 Å². The van der Waals surface area contributed by atoms with E-state index < -0.39 is 10.8 Å². The van der Waals surface area contributed by atoms with Gasteiger partial charge >= 0.3 is 0 Å². The molecule has 10 heteroatoms. The number of thiocarbonyl (C=S) groups is 1. The third-order valence-corrected chi connectivity index (χ3v) is 3.54. The minimum Gasteiger partial charge on any atom is -0.496 e. The number of nitro benzene ring substituents is 1. The summed E-state index contributed by atoms with van der Waals surface area (Å²) in [4.78, 5) is 22.4. The maximum absolute atomic E-state index is 12.8. The number of nitrogens with one attached hydrogen (secondary N) is 3. The van der Waals surface area contributed by atoms with E-state index in [-0.39, 0.29) is 27.9 Å². The fourth-order valence-corrected chi connectivity index (χ4v) is 2.12. The van der Waals surface area contributed by atoms with Crippen molar-refractivity contribution in [2.45, 2.75) is 6.54 Å². The van der Waals surface area contributed by atoms with Crippen LogP contribution in [0.1, 0.15) is 15.9 Å². The Morgan fingerprint density at radius 1 is 1.23 bits per heavy atom. The first kappa shape index (κ1) is 19.1. The molecule has 0 radical (unpaired) electrons. The van der Waals surface area contributed by atoms with Crippen molar-refractivity contribution in [3.63, 3.8) is 0 Å². The number of hydrogen-bond acceptors (Lipinski definition) is 5. The molecule has 0 bridgehead atoms. The van der Waals surface area contributed by atoms with E-state index >= 15 is 0 Å². The van der Waals surface area contributed by atoms with Crippen molar-refractivity contribution in [2.24, 2.45) is 0 Å². The van der Waals surface area contributed by atoms with Crippen molar-refractivity contribution in [2.75, 3.05) is 7.11 Å². The molecule has 0 atom stereocenters. The smallest absolute Gasteiger partial charge is 0.273 e. The Kier molecular flexibility index (Phi) is 6.39. The third kappa shape index (κ3) is 5.11. The van der Waals surface area contributed by atoms with Crippen LogP contribution in [0.25, 0.3) is 0 Å². The summed E-state index contributed by atoms with van der Waals surface area (Å²) < 4.78 is 17.9. The van der Waals surface area contributed by atoms with Gasteiger partial charge in [0.15, 0.2) is 5.11 Å². The van der Waals surface area contributed by atoms with Gasteiger partial charge < -0.3 is 10.1 Å². The molecule has 0 spiro atoms. The summed E-state index contributed by atoms with van der Waals surface area (Å²) in [6.07, 6.45) is 0. The average Bonchev–Trinajstić information content (AvgIpc) is 2.65. The van der Waals surface area contributed by atoms with Gasteiger partial charge in [0.1, 0.15) is 11.6 Å². The highest BCUT2D eigenvalue weighted by Gasteiger charge is 2.17. The third-order valence-electron chi connectivity index (χ3n) is 3.29. The van der Waals surface area contributed by atoms with Crippen molar-refractivity contribution in [1.29, 1.82) is 0 Å². The first-order valence-corrected chi connectivity index (χ1v) is 7.72. The largest absolute Gasteiger partial charge is 0.496 e. The van der Waals surface area contributed by atoms with Gasteiger partial charge in [0.25, 0.3) is 11.6 Å². The lowest BCUT2D eigenvalue weighted by Crippen LogP contribution is -2.46. The molecule has 136 valence electrons. The van der Waals surface area contributed by atoms with Crippen molar-refractivity contribution >= 4 is 28.9 Å². The Labute approximate surface area is 153 Å². The van der Waals surface area contributed by atoms with Crippen LogP contribution in [0.4, 0.5) is 10.1 Å². The molecule has 3 N–H and O–H groups in total. The predicted octanol–water partition coefficient (Wildman–Crippen LogP) is 2.05. The van der Waals surface area contributed by atoms with Crippen molar-refractivity contribution in [3.05, 3.63) is 69.5 Å². The summed E-state index contributed by atoms with van der Waals surface area (Å²) in [7, 11) is 1.35. The Balaban J connectivity index is 1.93. The van der Waals surface area contributed by atoms with Crippen LogP contribution in [0, 0.1) is 15.9 Å². The summed E-state index contributed by atoms with van der Waals surface area (Å²) in [5.74, 6) is -0.816. The number of carbonyl (C=O) groups is 1. The second-order valence-electron chi connectivity index (χ2n) is 5.03. The molecule has 8 nitrogen and oxygen atoms in total. The molecule has 1 amide bonds. The maximum atomic E-state index is 12.8. The first-order chi connectivity index (χ1) is 12.4. The van der Waals surface area contributed by atoms with Crippen LogP contribution in [-0.4, -0.2) is 23.1 Å². The van der Waals surface area contributed by atoms with Crippen LogP contribution >= 0.6 is 12.2 Å². The zero-order chi connectivity index (χ0) is 19.1. The molecule has 0 aliphatic carbocycles. The summed E-state index contributed by atoms with van der Waals surface area (Å²) in [5.41, 5.74) is 5.35. The van der Waals surface area contributed by atoms with Gasteiger partial charge in [-0.2, -0.15) is 0 Å². The fourth-order valence-electron chi connectivity index (χ4n) is 2.00. The molecule has 0 heterocycles. The predicted molar refractivity (Wildman–Crippen MR) is 96.1 cm³/mol. The number of carbonyl (C=O) groups excluding carboxylic acids is 1. The van der Waals surface area contributed by atoms with Gasteiger partial charge in [-0.3, -0.25) is 25.8 Å². The molecule has 0 aliphatic heterocycles. The van der Waals surface area contributed by atoms with E-state index in [0.29, 0.717) is 6.54 Å². The van der Waals surface area contributed by atoms with E-state index in [2.05, 4.69) is 16.2 Å². The number of hydrazine groups is 1. The lowest BCUT2D eigenvalue weighted by molar-refractivity contribution is -0.384. The summed E-state index contributed by atoms with van der Waals surface area (Å²) in [6.45, 7) is 0.322. The fraction of sp³-hybridized carbons (Fsp3) is 0.125. The highest BCUT2D eigenvalue weighted by Crippen LogP contribution is 2.23. The number of rotatable bonds is 5. The van der Waals surface area contributed by atoms with E-state index in [9.17, 15) is 19.3 Å². The van der Waals surface area contributed by atoms with Crippen LogP contribution in [-0.2, 0) is 6.54 Å². The number of hydrogen-bond donors (Lipinski definition) is 3. The Morgan fingerprint density at radius 3 is 2.54 bits per heavy atom. The van der Waals surface area contributed by atoms with Crippen molar-refractivity contribution in [3.8, 4) is 5.75 Å². The molecular weight excluding hydrogens is 363 g/mol. The molecular formula is C16H15FN4O4S. The standard InChI is InChI=1S/C16H15FN4O4S/c1-25-14-7-6-12(21(23)24)8-13(14)15(22)19-20-16(26)18-9-10-2-4-11(17)5-3-10/h2-8H,9H2,1H3,(H,19,22)(H2,18,20,26). The Hall–Kier alpha value is -3.27. The number of non-ortho nitro benzene ring substituents is 1. The lowest BCUT2D eigenvalue weighted by Gasteiger charge is -2.13. The number of methoxy groups -OCH3 is 1. The normalized spacial score (nSPS) is 9.92. The first-order valence-electron chi connectivity index (χ1n) is 7.31. The molecule has 0 aromatic heterocycles. The Morgan fingerprint density at radius 2 is 1.92 bits per heavy atom. The van der Waals surface area contributed by atoms with Gasteiger partial charge in [0.2, 0.25) is 0 Å². The number of nitro groups is 1. The second kappa shape index (κ2) is 8.72. The zero-order valence-electron chi connectivity index (χ0n) is 13.6. The van der Waals surface area contributed by atoms with Crippen LogP contribution in [0.5, 0.6) is 5.75 Å². The molecule has 0 aliphatic rings. The molecule has 2 aromatic carbocycles. The summed E-state index contributed by atoms with van der Waals surface area (Å²) >= 11 is 5.03. The monoisotopic (exact) mass is 378 g/mol. The number of halogens is 1. The Bertz CT molecular complexity index is 829. The number of nitrogens with zero attached hydrogens (tertiary/aromatic N) is 1. The average molecular weight is 378 g/mol. The van der Waals surface area contributed by atoms with Crippen molar-refractivity contribution in [1.82, 2.24) is 16.2 Å². The minimum absolute atomic E-state index is 0.0180. The topological polar surface area (TPSA) is 106 Å². The number of ether oxygens (including phenoxy) is 1. The van der Waals surface area contributed by atoms with Gasteiger partial charge in [-0.1, -0.05) is 12.1 Å². The van der Waals surface area contributed by atoms with Crippen LogP contribution in [0.15, 0.2) is 42.5 Å². The molecule has 0 fully saturated rings.